The van der Waals surface area contributed by atoms with Crippen LogP contribution in [0.5, 0.6) is 5.75 Å². The monoisotopic (exact) mass is 843 g/mol. The van der Waals surface area contributed by atoms with Crippen molar-refractivity contribution in [2.24, 2.45) is 5.16 Å². The highest BCUT2D eigenvalue weighted by Crippen LogP contribution is 2.36. The van der Waals surface area contributed by atoms with Crippen LogP contribution in [0.15, 0.2) is 29.4 Å². The van der Waals surface area contributed by atoms with E-state index in [1.165, 1.54) is 12.1 Å². The summed E-state index contributed by atoms with van der Waals surface area (Å²) in [5, 5.41) is 13.4. The molecule has 1 aromatic carbocycles. The lowest BCUT2D eigenvalue weighted by atomic mass is 9.98. The summed E-state index contributed by atoms with van der Waals surface area (Å²) in [6.45, 7) is 7.88. The molecule has 2 aliphatic rings. The summed E-state index contributed by atoms with van der Waals surface area (Å²) in [6.07, 6.45) is -12.6. The zero-order chi connectivity index (χ0) is 43.3. The van der Waals surface area contributed by atoms with Gasteiger partial charge >= 0.3 is 47.8 Å². The lowest BCUT2D eigenvalue weighted by molar-refractivity contribution is -0.288. The molecule has 2 fully saturated rings. The number of hydrogen-bond acceptors (Lipinski definition) is 22. The molecule has 2 saturated heterocycles. The molecule has 10 atom stereocenters. The summed E-state index contributed by atoms with van der Waals surface area (Å²) < 4.78 is 60.8. The molecule has 1 aromatic rings. The molecule has 58 heavy (non-hydrogen) atoms. The summed E-state index contributed by atoms with van der Waals surface area (Å²) in [6, 6.07) is 6.05. The van der Waals surface area contributed by atoms with Gasteiger partial charge in [0, 0.05) is 61.8 Å². The Morgan fingerprint density at radius 3 is 1.38 bits per heavy atom. The number of esters is 8. The fourth-order valence-electron chi connectivity index (χ4n) is 5.80. The summed E-state index contributed by atoms with van der Waals surface area (Å²) in [5.41, 5.74) is -0.753. The van der Waals surface area contributed by atoms with Crippen LogP contribution in [0.3, 0.4) is 0 Å². The van der Waals surface area contributed by atoms with E-state index in [0.717, 1.165) is 67.2 Å². The SMILES string of the molecule is CC(=O)OC[C@H]1O[C@@H](S/C(Cc2ccc(O[C@@H]3O[C@H](COC(C)=O)[C@@H](OC(C)=O)[C@H](OC(C)=O)[C@H]3OC(C)=O)cc2)=N\O)[C@H](OC(C)=O)[C@@H](OC(C)=O)[C@@H]1OC(C)=O. The second kappa shape index (κ2) is 21.9. The third-order valence-corrected chi connectivity index (χ3v) is 8.90. The van der Waals surface area contributed by atoms with Gasteiger partial charge in [-0.25, -0.2) is 0 Å². The van der Waals surface area contributed by atoms with E-state index in [9.17, 15) is 43.6 Å². The molecule has 1 N–H and O–H groups in total. The van der Waals surface area contributed by atoms with Crippen molar-refractivity contribution in [1.82, 2.24) is 0 Å². The Kier molecular flexibility index (Phi) is 17.7. The molecule has 3 rings (SSSR count). The van der Waals surface area contributed by atoms with Gasteiger partial charge in [-0.3, -0.25) is 38.4 Å². The van der Waals surface area contributed by atoms with Gasteiger partial charge in [-0.2, -0.15) is 0 Å². The molecule has 0 unspecified atom stereocenters. The van der Waals surface area contributed by atoms with Gasteiger partial charge in [0.25, 0.3) is 0 Å². The smallest absolute Gasteiger partial charge is 0.303 e. The predicted molar refractivity (Wildman–Crippen MR) is 191 cm³/mol. The maximum atomic E-state index is 12.2. The number of rotatable bonds is 15. The number of carbonyl (C=O) groups excluding carboxylic acids is 8. The lowest BCUT2D eigenvalue weighted by Crippen LogP contribution is -2.63. The fourth-order valence-corrected chi connectivity index (χ4v) is 6.90. The first-order valence-corrected chi connectivity index (χ1v) is 18.4. The van der Waals surface area contributed by atoms with Gasteiger partial charge in [-0.15, -0.1) is 0 Å². The first-order valence-electron chi connectivity index (χ1n) is 17.5. The van der Waals surface area contributed by atoms with Crippen LogP contribution in [0, 0.1) is 0 Å². The molecule has 0 radical (unpaired) electrons. The number of benzene rings is 1. The molecule has 2 heterocycles. The first-order chi connectivity index (χ1) is 27.3. The van der Waals surface area contributed by atoms with E-state index in [1.54, 1.807) is 12.1 Å². The average molecular weight is 844 g/mol. The van der Waals surface area contributed by atoms with E-state index in [4.69, 9.17) is 52.1 Å². The van der Waals surface area contributed by atoms with Crippen LogP contribution >= 0.6 is 11.8 Å². The highest BCUT2D eigenvalue weighted by Gasteiger charge is 2.54. The Balaban J connectivity index is 1.90. The Bertz CT molecular complexity index is 1700. The highest BCUT2D eigenvalue weighted by molar-refractivity contribution is 8.14. The van der Waals surface area contributed by atoms with Crippen LogP contribution in [0.25, 0.3) is 0 Å². The molecule has 320 valence electrons. The van der Waals surface area contributed by atoms with Gasteiger partial charge in [0.15, 0.2) is 30.5 Å². The average Bonchev–Trinajstić information content (AvgIpc) is 3.10. The van der Waals surface area contributed by atoms with E-state index in [0.29, 0.717) is 5.56 Å². The first kappa shape index (κ1) is 46.9. The van der Waals surface area contributed by atoms with Crippen LogP contribution in [0.4, 0.5) is 0 Å². The minimum Gasteiger partial charge on any atom is -0.463 e. The second-order valence-electron chi connectivity index (χ2n) is 12.7. The van der Waals surface area contributed by atoms with Crippen LogP contribution in [0.1, 0.15) is 61.0 Å². The maximum Gasteiger partial charge on any atom is 0.303 e. The molecular weight excluding hydrogens is 798 g/mol. The number of nitrogens with zero attached hydrogens (tertiary/aromatic N) is 1. The van der Waals surface area contributed by atoms with E-state index in [-0.39, 0.29) is 17.2 Å². The quantitative estimate of drug-likeness (QED) is 0.0651. The molecule has 0 bridgehead atoms. The maximum absolute atomic E-state index is 12.2. The number of oxime groups is 1. The minimum absolute atomic E-state index is 0.00541. The zero-order valence-electron chi connectivity index (χ0n) is 32.8. The third-order valence-electron chi connectivity index (χ3n) is 7.79. The molecule has 21 nitrogen and oxygen atoms in total. The molecule has 22 heteroatoms. The lowest BCUT2D eigenvalue weighted by Gasteiger charge is -2.44. The van der Waals surface area contributed by atoms with Gasteiger partial charge in [0.2, 0.25) is 12.4 Å². The van der Waals surface area contributed by atoms with Crippen molar-refractivity contribution in [3.63, 3.8) is 0 Å². The van der Waals surface area contributed by atoms with Crippen molar-refractivity contribution in [2.75, 3.05) is 13.2 Å². The molecule has 2 aliphatic heterocycles. The van der Waals surface area contributed by atoms with Crippen LogP contribution in [-0.4, -0.2) is 132 Å². The number of hydrogen-bond donors (Lipinski definition) is 1. The van der Waals surface area contributed by atoms with Crippen molar-refractivity contribution < 1.29 is 95.7 Å². The number of ether oxygens (including phenoxy) is 11. The number of thioether (sulfide) groups is 1. The molecule has 0 saturated carbocycles. The minimum atomic E-state index is -1.50. The van der Waals surface area contributed by atoms with Crippen LogP contribution < -0.4 is 4.74 Å². The third kappa shape index (κ3) is 14.5. The van der Waals surface area contributed by atoms with Gasteiger partial charge in [-0.1, -0.05) is 29.1 Å². The van der Waals surface area contributed by atoms with Gasteiger partial charge in [0.1, 0.15) is 41.7 Å². The largest absolute Gasteiger partial charge is 0.463 e. The Labute approximate surface area is 336 Å². The normalized spacial score (nSPS) is 26.8. The summed E-state index contributed by atoms with van der Waals surface area (Å²) >= 11 is 0.771. The van der Waals surface area contributed by atoms with Crippen LogP contribution in [-0.2, 0) is 92.1 Å². The molecule has 0 aromatic heterocycles. The van der Waals surface area contributed by atoms with E-state index in [1.807, 2.05) is 0 Å². The van der Waals surface area contributed by atoms with Crippen molar-refractivity contribution in [3.05, 3.63) is 29.8 Å². The molecule has 0 aliphatic carbocycles. The van der Waals surface area contributed by atoms with Crippen molar-refractivity contribution in [3.8, 4) is 5.75 Å². The zero-order valence-corrected chi connectivity index (χ0v) is 33.6. The Morgan fingerprint density at radius 2 is 0.948 bits per heavy atom. The van der Waals surface area contributed by atoms with Crippen molar-refractivity contribution >= 4 is 64.6 Å². The van der Waals surface area contributed by atoms with Gasteiger partial charge < -0.3 is 57.3 Å². The number of carbonyl (C=O) groups is 8. The van der Waals surface area contributed by atoms with Crippen LogP contribution in [0.2, 0.25) is 0 Å². The van der Waals surface area contributed by atoms with Gasteiger partial charge in [-0.05, 0) is 17.7 Å². The standard InChI is InChI=1S/C36H45NO20S/c1-16(38)47-14-26-29(49-18(3)40)31(51-20(5)42)33(53-22(7)44)35(56-26)55-25-11-9-24(10-12-25)13-28(37-46)58-36-34(54-23(8)45)32(52-21(6)43)30(50-19(4)41)27(57-36)15-48-17(2)39/h9-12,26-27,29-36,46H,13-15H2,1-8H3/b37-28-/t26-,27-,29-,30-,31+,32+,33-,34-,35-,36+/m1/s1. The highest BCUT2D eigenvalue weighted by atomic mass is 32.2. The van der Waals surface area contributed by atoms with E-state index < -0.39 is 122 Å². The summed E-state index contributed by atoms with van der Waals surface area (Å²) in [7, 11) is 0. The second-order valence-corrected chi connectivity index (χ2v) is 13.9. The molecule has 0 amide bonds. The van der Waals surface area contributed by atoms with Gasteiger partial charge in [0.05, 0.1) is 0 Å². The summed E-state index contributed by atoms with van der Waals surface area (Å²) in [4.78, 5) is 96.1. The van der Waals surface area contributed by atoms with Crippen molar-refractivity contribution in [2.45, 2.75) is 122 Å². The van der Waals surface area contributed by atoms with Crippen molar-refractivity contribution in [1.29, 1.82) is 0 Å². The molecule has 0 spiro atoms. The Morgan fingerprint density at radius 1 is 0.552 bits per heavy atom. The van der Waals surface area contributed by atoms with E-state index >= 15 is 0 Å². The van der Waals surface area contributed by atoms with E-state index in [2.05, 4.69) is 5.16 Å². The topological polar surface area (TPSA) is 271 Å². The molecular formula is C36H45NO20S. The Hall–Kier alpha value is -5.48. The fraction of sp³-hybridized carbons (Fsp3) is 0.583. The summed E-state index contributed by atoms with van der Waals surface area (Å²) in [5.74, 6) is -6.14. The predicted octanol–water partition coefficient (Wildman–Crippen LogP) is 1.30.